The number of hydrogen-bond acceptors (Lipinski definition) is 4. The van der Waals surface area contributed by atoms with Crippen LogP contribution in [0.3, 0.4) is 0 Å². The van der Waals surface area contributed by atoms with Crippen LogP contribution in [0.1, 0.15) is 29.2 Å². The van der Waals surface area contributed by atoms with Crippen molar-refractivity contribution in [1.82, 2.24) is 20.2 Å². The van der Waals surface area contributed by atoms with Crippen molar-refractivity contribution in [2.24, 2.45) is 0 Å². The Labute approximate surface area is 145 Å². The lowest BCUT2D eigenvalue weighted by Crippen LogP contribution is -2.28. The third-order valence-corrected chi connectivity index (χ3v) is 4.62. The minimum Gasteiger partial charge on any atom is -0.324 e. The third kappa shape index (κ3) is 3.42. The van der Waals surface area contributed by atoms with E-state index in [1.165, 1.54) is 28.6 Å². The van der Waals surface area contributed by atoms with Gasteiger partial charge in [-0.25, -0.2) is 4.68 Å². The highest BCUT2D eigenvalue weighted by Gasteiger charge is 2.23. The summed E-state index contributed by atoms with van der Waals surface area (Å²) in [5.41, 5.74) is 4.61. The maximum absolute atomic E-state index is 12.9. The summed E-state index contributed by atoms with van der Waals surface area (Å²) in [6.07, 6.45) is 5.41. The summed E-state index contributed by atoms with van der Waals surface area (Å²) >= 11 is 0. The second-order valence-electron chi connectivity index (χ2n) is 6.32. The van der Waals surface area contributed by atoms with Gasteiger partial charge >= 0.3 is 0 Å². The quantitative estimate of drug-likeness (QED) is 0.779. The van der Waals surface area contributed by atoms with Crippen LogP contribution in [-0.4, -0.2) is 26.1 Å². The molecule has 3 aromatic rings. The van der Waals surface area contributed by atoms with Crippen LogP contribution in [-0.2, 0) is 24.1 Å². The summed E-state index contributed by atoms with van der Waals surface area (Å²) in [4.78, 5) is 12.9. The fourth-order valence-corrected chi connectivity index (χ4v) is 3.33. The van der Waals surface area contributed by atoms with Crippen LogP contribution in [0.2, 0.25) is 0 Å². The summed E-state index contributed by atoms with van der Waals surface area (Å²) < 4.78 is 1.51. The zero-order valence-electron chi connectivity index (χ0n) is 13.8. The molecule has 6 heteroatoms. The summed E-state index contributed by atoms with van der Waals surface area (Å²) in [6, 6.07) is 15.6. The number of aryl methyl sites for hydroxylation is 2. The standard InChI is InChI=1S/C19H19N5O/c25-19(21-17-10-9-15-7-4-8-16(15)12-17)18(24-13-20-22-23-24)11-14-5-2-1-3-6-14/h1-3,5-6,9-10,12-13,18H,4,7-8,11H2,(H,21,25)/t18-/m1/s1. The van der Waals surface area contributed by atoms with Crippen molar-refractivity contribution in [3.05, 3.63) is 71.5 Å². The van der Waals surface area contributed by atoms with Crippen LogP contribution in [0, 0.1) is 0 Å². The zero-order valence-corrected chi connectivity index (χ0v) is 13.8. The van der Waals surface area contributed by atoms with E-state index < -0.39 is 6.04 Å². The highest BCUT2D eigenvalue weighted by Crippen LogP contribution is 2.25. The van der Waals surface area contributed by atoms with E-state index >= 15 is 0 Å². The first kappa shape index (κ1) is 15.5. The molecule has 25 heavy (non-hydrogen) atoms. The second-order valence-corrected chi connectivity index (χ2v) is 6.32. The molecule has 0 saturated carbocycles. The van der Waals surface area contributed by atoms with Crippen LogP contribution >= 0.6 is 0 Å². The van der Waals surface area contributed by atoms with Crippen molar-refractivity contribution in [2.75, 3.05) is 5.32 Å². The number of amides is 1. The van der Waals surface area contributed by atoms with E-state index in [0.29, 0.717) is 6.42 Å². The Balaban J connectivity index is 1.55. The van der Waals surface area contributed by atoms with E-state index in [1.54, 1.807) is 0 Å². The molecular weight excluding hydrogens is 314 g/mol. The molecule has 1 amide bonds. The van der Waals surface area contributed by atoms with E-state index in [1.807, 2.05) is 36.4 Å². The molecule has 0 spiro atoms. The van der Waals surface area contributed by atoms with Crippen molar-refractivity contribution >= 4 is 11.6 Å². The first-order valence-corrected chi connectivity index (χ1v) is 8.49. The fraction of sp³-hybridized carbons (Fsp3) is 0.263. The van der Waals surface area contributed by atoms with Crippen LogP contribution < -0.4 is 5.32 Å². The molecule has 0 fully saturated rings. The molecule has 0 radical (unpaired) electrons. The second kappa shape index (κ2) is 6.84. The molecule has 1 aliphatic rings. The fourth-order valence-electron chi connectivity index (χ4n) is 3.33. The first-order chi connectivity index (χ1) is 12.3. The maximum atomic E-state index is 12.9. The molecule has 0 bridgehead atoms. The summed E-state index contributed by atoms with van der Waals surface area (Å²) in [7, 11) is 0. The number of hydrogen-bond donors (Lipinski definition) is 1. The predicted octanol–water partition coefficient (Wildman–Crippen LogP) is 2.58. The Morgan fingerprint density at radius 2 is 1.96 bits per heavy atom. The lowest BCUT2D eigenvalue weighted by Gasteiger charge is -2.17. The van der Waals surface area contributed by atoms with Gasteiger partial charge in [0.1, 0.15) is 12.4 Å². The zero-order chi connectivity index (χ0) is 17.1. The van der Waals surface area contributed by atoms with Gasteiger partial charge in [-0.15, -0.1) is 5.10 Å². The van der Waals surface area contributed by atoms with Gasteiger partial charge in [0.2, 0.25) is 5.91 Å². The average Bonchev–Trinajstić information content (AvgIpc) is 3.31. The monoisotopic (exact) mass is 333 g/mol. The number of tetrazole rings is 1. The Hall–Kier alpha value is -3.02. The molecule has 6 nitrogen and oxygen atoms in total. The summed E-state index contributed by atoms with van der Waals surface area (Å²) in [5.74, 6) is -0.117. The lowest BCUT2D eigenvalue weighted by atomic mass is 10.0. The molecule has 1 aromatic heterocycles. The number of fused-ring (bicyclic) bond motifs is 1. The maximum Gasteiger partial charge on any atom is 0.249 e. The topological polar surface area (TPSA) is 72.7 Å². The largest absolute Gasteiger partial charge is 0.324 e. The van der Waals surface area contributed by atoms with Gasteiger partial charge in [-0.05, 0) is 58.5 Å². The van der Waals surface area contributed by atoms with Crippen molar-refractivity contribution in [1.29, 1.82) is 0 Å². The molecule has 1 heterocycles. The number of carbonyl (C=O) groups excluding carboxylic acids is 1. The third-order valence-electron chi connectivity index (χ3n) is 4.62. The molecule has 2 aromatic carbocycles. The summed E-state index contributed by atoms with van der Waals surface area (Å²) in [5, 5.41) is 14.3. The normalized spacial score (nSPS) is 14.1. The molecule has 0 aliphatic heterocycles. The number of benzene rings is 2. The number of nitrogens with zero attached hydrogens (tertiary/aromatic N) is 4. The van der Waals surface area contributed by atoms with E-state index in [0.717, 1.165) is 24.1 Å². The minimum absolute atomic E-state index is 0.117. The van der Waals surface area contributed by atoms with Crippen molar-refractivity contribution in [3.63, 3.8) is 0 Å². The van der Waals surface area contributed by atoms with Gasteiger partial charge in [-0.3, -0.25) is 4.79 Å². The highest BCUT2D eigenvalue weighted by atomic mass is 16.2. The number of rotatable bonds is 5. The van der Waals surface area contributed by atoms with Gasteiger partial charge in [0, 0.05) is 12.1 Å². The van der Waals surface area contributed by atoms with Gasteiger partial charge in [0.05, 0.1) is 0 Å². The van der Waals surface area contributed by atoms with Gasteiger partial charge in [-0.1, -0.05) is 36.4 Å². The average molecular weight is 333 g/mol. The Kier molecular flexibility index (Phi) is 4.24. The smallest absolute Gasteiger partial charge is 0.249 e. The van der Waals surface area contributed by atoms with Crippen molar-refractivity contribution < 1.29 is 4.79 Å². The molecule has 4 rings (SSSR count). The molecular formula is C19H19N5O. The molecule has 0 saturated heterocycles. The SMILES string of the molecule is O=C(Nc1ccc2c(c1)CCC2)[C@@H](Cc1ccccc1)n1cnnn1. The van der Waals surface area contributed by atoms with Crippen molar-refractivity contribution in [3.8, 4) is 0 Å². The Morgan fingerprint density at radius 3 is 2.76 bits per heavy atom. The van der Waals surface area contributed by atoms with E-state index in [4.69, 9.17) is 0 Å². The number of nitrogens with one attached hydrogen (secondary N) is 1. The predicted molar refractivity (Wildman–Crippen MR) is 94.1 cm³/mol. The number of aromatic nitrogens is 4. The van der Waals surface area contributed by atoms with Crippen LogP contribution in [0.15, 0.2) is 54.9 Å². The molecule has 0 unspecified atom stereocenters. The van der Waals surface area contributed by atoms with Gasteiger partial charge < -0.3 is 5.32 Å². The van der Waals surface area contributed by atoms with Gasteiger partial charge in [-0.2, -0.15) is 0 Å². The lowest BCUT2D eigenvalue weighted by molar-refractivity contribution is -0.119. The minimum atomic E-state index is -0.495. The number of carbonyl (C=O) groups is 1. The summed E-state index contributed by atoms with van der Waals surface area (Å²) in [6.45, 7) is 0. The van der Waals surface area contributed by atoms with Crippen molar-refractivity contribution in [2.45, 2.75) is 31.7 Å². The Morgan fingerprint density at radius 1 is 1.12 bits per heavy atom. The van der Waals surface area contributed by atoms with E-state index in [-0.39, 0.29) is 5.91 Å². The highest BCUT2D eigenvalue weighted by molar-refractivity contribution is 5.94. The molecule has 1 atom stereocenters. The van der Waals surface area contributed by atoms with E-state index in [2.05, 4.69) is 33.0 Å². The van der Waals surface area contributed by atoms with E-state index in [9.17, 15) is 4.79 Å². The first-order valence-electron chi connectivity index (χ1n) is 8.49. The molecule has 126 valence electrons. The van der Waals surface area contributed by atoms with Crippen LogP contribution in [0.5, 0.6) is 0 Å². The number of anilines is 1. The molecule has 1 aliphatic carbocycles. The Bertz CT molecular complexity index is 861. The van der Waals surface area contributed by atoms with Crippen LogP contribution in [0.4, 0.5) is 5.69 Å². The van der Waals surface area contributed by atoms with Gasteiger partial charge in [0.25, 0.3) is 0 Å². The molecule has 1 N–H and O–H groups in total. The van der Waals surface area contributed by atoms with Crippen LogP contribution in [0.25, 0.3) is 0 Å². The van der Waals surface area contributed by atoms with Gasteiger partial charge in [0.15, 0.2) is 0 Å².